The highest BCUT2D eigenvalue weighted by atomic mass is 16.5. The van der Waals surface area contributed by atoms with Gasteiger partial charge < -0.3 is 4.74 Å². The van der Waals surface area contributed by atoms with Gasteiger partial charge >= 0.3 is 5.97 Å². The molecule has 0 N–H and O–H groups in total. The molecule has 0 radical (unpaired) electrons. The van der Waals surface area contributed by atoms with Crippen LogP contribution in [0.3, 0.4) is 0 Å². The minimum absolute atomic E-state index is 0.00278. The molecule has 0 aromatic heterocycles. The first-order chi connectivity index (χ1) is 6.33. The van der Waals surface area contributed by atoms with Crippen molar-refractivity contribution < 1.29 is 9.53 Å². The topological polar surface area (TPSA) is 26.3 Å². The quantitative estimate of drug-likeness (QED) is 0.449. The first-order valence-electron chi connectivity index (χ1n) is 5.48. The molecule has 2 nitrogen and oxygen atoms in total. The van der Waals surface area contributed by atoms with Crippen LogP contribution in [0.2, 0.25) is 0 Å². The second-order valence-corrected chi connectivity index (χ2v) is 3.94. The third-order valence-corrected chi connectivity index (χ3v) is 2.41. The maximum Gasteiger partial charge on any atom is 0.305 e. The number of carbonyl (C=O) groups is 1. The Morgan fingerprint density at radius 1 is 1.31 bits per heavy atom. The Morgan fingerprint density at radius 3 is 2.69 bits per heavy atom. The van der Waals surface area contributed by atoms with Gasteiger partial charge in [-0.05, 0) is 25.2 Å². The van der Waals surface area contributed by atoms with Gasteiger partial charge in [0.2, 0.25) is 0 Å². The van der Waals surface area contributed by atoms with Crippen LogP contribution >= 0.6 is 0 Å². The van der Waals surface area contributed by atoms with Gasteiger partial charge in [-0.3, -0.25) is 4.79 Å². The minimum Gasteiger partial charge on any atom is -0.465 e. The van der Waals surface area contributed by atoms with Crippen molar-refractivity contribution in [2.24, 2.45) is 5.92 Å². The molecule has 1 saturated carbocycles. The van der Waals surface area contributed by atoms with Crippen molar-refractivity contribution in [1.29, 1.82) is 0 Å². The first kappa shape index (κ1) is 10.6. The number of esters is 1. The molecule has 76 valence electrons. The number of rotatable bonds is 7. The molecular weight excluding hydrogens is 164 g/mol. The van der Waals surface area contributed by atoms with Crippen LogP contribution in [0.15, 0.2) is 0 Å². The summed E-state index contributed by atoms with van der Waals surface area (Å²) in [6.45, 7) is 2.85. The number of unbranched alkanes of at least 4 members (excludes halogenated alkanes) is 3. The van der Waals surface area contributed by atoms with Crippen LogP contribution in [-0.4, -0.2) is 12.6 Å². The molecule has 1 aliphatic carbocycles. The summed E-state index contributed by atoms with van der Waals surface area (Å²) in [7, 11) is 0. The smallest absolute Gasteiger partial charge is 0.305 e. The monoisotopic (exact) mass is 184 g/mol. The molecule has 2 heteroatoms. The van der Waals surface area contributed by atoms with E-state index in [-0.39, 0.29) is 5.97 Å². The van der Waals surface area contributed by atoms with Crippen molar-refractivity contribution in [3.8, 4) is 0 Å². The fourth-order valence-corrected chi connectivity index (χ4v) is 1.26. The molecule has 1 fully saturated rings. The van der Waals surface area contributed by atoms with E-state index in [0.717, 1.165) is 12.8 Å². The highest BCUT2D eigenvalue weighted by Crippen LogP contribution is 2.28. The van der Waals surface area contributed by atoms with Gasteiger partial charge in [-0.15, -0.1) is 0 Å². The van der Waals surface area contributed by atoms with Crippen LogP contribution in [0.4, 0.5) is 0 Å². The number of hydrogen-bond acceptors (Lipinski definition) is 2. The predicted molar refractivity (Wildman–Crippen MR) is 52.4 cm³/mol. The minimum atomic E-state index is 0.00278. The van der Waals surface area contributed by atoms with Crippen molar-refractivity contribution in [3.63, 3.8) is 0 Å². The lowest BCUT2D eigenvalue weighted by Crippen LogP contribution is -2.06. The maximum absolute atomic E-state index is 11.1. The van der Waals surface area contributed by atoms with Crippen LogP contribution in [-0.2, 0) is 9.53 Å². The summed E-state index contributed by atoms with van der Waals surface area (Å²) in [6, 6.07) is 0. The van der Waals surface area contributed by atoms with Gasteiger partial charge in [-0.2, -0.15) is 0 Å². The van der Waals surface area contributed by atoms with E-state index in [0.29, 0.717) is 18.9 Å². The van der Waals surface area contributed by atoms with Gasteiger partial charge in [0, 0.05) is 6.42 Å². The number of ether oxygens (including phenoxy) is 1. The summed E-state index contributed by atoms with van der Waals surface area (Å²) in [4.78, 5) is 11.1. The highest BCUT2D eigenvalue weighted by molar-refractivity contribution is 5.69. The summed E-state index contributed by atoms with van der Waals surface area (Å²) in [5, 5.41) is 0. The third-order valence-electron chi connectivity index (χ3n) is 2.41. The van der Waals surface area contributed by atoms with Crippen molar-refractivity contribution in [3.05, 3.63) is 0 Å². The fourth-order valence-electron chi connectivity index (χ4n) is 1.26. The largest absolute Gasteiger partial charge is 0.465 e. The Bertz CT molecular complexity index is 150. The summed E-state index contributed by atoms with van der Waals surface area (Å²) >= 11 is 0. The van der Waals surface area contributed by atoms with Crippen molar-refractivity contribution in [1.82, 2.24) is 0 Å². The van der Waals surface area contributed by atoms with Gasteiger partial charge in [0.05, 0.1) is 6.61 Å². The lowest BCUT2D eigenvalue weighted by molar-refractivity contribution is -0.144. The summed E-state index contributed by atoms with van der Waals surface area (Å²) < 4.78 is 5.11. The standard InChI is InChI=1S/C11H20O2/c1-2-3-4-5-6-11(12)13-9-10-7-8-10/h10H,2-9H2,1H3. The third kappa shape index (κ3) is 5.67. The molecule has 0 aromatic rings. The summed E-state index contributed by atoms with van der Waals surface area (Å²) in [5.74, 6) is 0.697. The molecule has 0 heterocycles. The normalized spacial score (nSPS) is 15.8. The number of hydrogen-bond donors (Lipinski definition) is 0. The van der Waals surface area contributed by atoms with E-state index >= 15 is 0 Å². The zero-order valence-electron chi connectivity index (χ0n) is 8.55. The van der Waals surface area contributed by atoms with Crippen LogP contribution in [0.1, 0.15) is 51.9 Å². The Hall–Kier alpha value is -0.530. The molecule has 1 rings (SSSR count). The summed E-state index contributed by atoms with van der Waals surface area (Å²) in [5.41, 5.74) is 0. The van der Waals surface area contributed by atoms with Gasteiger partial charge in [0.25, 0.3) is 0 Å². The van der Waals surface area contributed by atoms with Crippen molar-refractivity contribution >= 4 is 5.97 Å². The van der Waals surface area contributed by atoms with Gasteiger partial charge in [0.1, 0.15) is 0 Å². The average Bonchev–Trinajstić information content (AvgIpc) is 2.92. The van der Waals surface area contributed by atoms with Crippen molar-refractivity contribution in [2.45, 2.75) is 51.9 Å². The Balaban J connectivity index is 1.84. The van der Waals surface area contributed by atoms with E-state index < -0.39 is 0 Å². The van der Waals surface area contributed by atoms with Crippen LogP contribution < -0.4 is 0 Å². The van der Waals surface area contributed by atoms with E-state index in [1.807, 2.05) is 0 Å². The Kier molecular flexibility index (Phi) is 4.87. The molecule has 0 saturated heterocycles. The molecule has 0 aliphatic heterocycles. The first-order valence-corrected chi connectivity index (χ1v) is 5.48. The van der Waals surface area contributed by atoms with Gasteiger partial charge in [0.15, 0.2) is 0 Å². The molecule has 1 aliphatic rings. The lowest BCUT2D eigenvalue weighted by Gasteiger charge is -2.02. The fraction of sp³-hybridized carbons (Fsp3) is 0.909. The Morgan fingerprint density at radius 2 is 2.08 bits per heavy atom. The zero-order chi connectivity index (χ0) is 9.52. The second kappa shape index (κ2) is 6.01. The molecular formula is C11H20O2. The summed E-state index contributed by atoms with van der Waals surface area (Å²) in [6.07, 6.45) is 7.73. The molecule has 0 amide bonds. The van der Waals surface area contributed by atoms with Crippen molar-refractivity contribution in [2.75, 3.05) is 6.61 Å². The highest BCUT2D eigenvalue weighted by Gasteiger charge is 2.22. The Labute approximate surface area is 80.7 Å². The molecule has 0 unspecified atom stereocenters. The molecule has 0 atom stereocenters. The average molecular weight is 184 g/mol. The van der Waals surface area contributed by atoms with Crippen LogP contribution in [0.5, 0.6) is 0 Å². The zero-order valence-corrected chi connectivity index (χ0v) is 8.55. The maximum atomic E-state index is 11.1. The van der Waals surface area contributed by atoms with E-state index in [1.54, 1.807) is 0 Å². The van der Waals surface area contributed by atoms with E-state index in [2.05, 4.69) is 6.92 Å². The number of carbonyl (C=O) groups excluding carboxylic acids is 1. The second-order valence-electron chi connectivity index (χ2n) is 3.94. The van der Waals surface area contributed by atoms with E-state index in [4.69, 9.17) is 4.74 Å². The molecule has 0 spiro atoms. The van der Waals surface area contributed by atoms with E-state index in [1.165, 1.54) is 25.7 Å². The van der Waals surface area contributed by atoms with Gasteiger partial charge in [-0.25, -0.2) is 0 Å². The van der Waals surface area contributed by atoms with Crippen LogP contribution in [0, 0.1) is 5.92 Å². The molecule has 0 bridgehead atoms. The van der Waals surface area contributed by atoms with Gasteiger partial charge in [-0.1, -0.05) is 26.2 Å². The predicted octanol–water partition coefficient (Wildman–Crippen LogP) is 2.91. The molecule has 13 heavy (non-hydrogen) atoms. The molecule has 0 aromatic carbocycles. The van der Waals surface area contributed by atoms with E-state index in [9.17, 15) is 4.79 Å². The SMILES string of the molecule is CCCCCCC(=O)OCC1CC1. The lowest BCUT2D eigenvalue weighted by atomic mass is 10.2. The van der Waals surface area contributed by atoms with Crippen LogP contribution in [0.25, 0.3) is 0 Å².